The first kappa shape index (κ1) is 9.39. The monoisotopic (exact) mass is 169 g/mol. The Labute approximate surface area is 72.0 Å². The Morgan fingerprint density at radius 2 is 2.25 bits per heavy atom. The quantitative estimate of drug-likeness (QED) is 0.350. The molecule has 68 valence electrons. The molecule has 1 atom stereocenters. The van der Waals surface area contributed by atoms with Gasteiger partial charge in [0.25, 0.3) is 0 Å². The Hall–Kier alpha value is -0.700. The first-order valence-corrected chi connectivity index (χ1v) is 4.28. The minimum atomic E-state index is -0.626. The number of rotatable bonds is 2. The minimum Gasteiger partial charge on any atom is -0.313 e. The van der Waals surface area contributed by atoms with Crippen LogP contribution in [0.25, 0.3) is 0 Å². The molecule has 1 unspecified atom stereocenters. The van der Waals surface area contributed by atoms with Gasteiger partial charge in [-0.05, 0) is 12.8 Å². The highest BCUT2D eigenvalue weighted by atomic mass is 16.1. The second-order valence-electron chi connectivity index (χ2n) is 3.49. The van der Waals surface area contributed by atoms with E-state index in [2.05, 4.69) is 4.99 Å². The number of nitrogens with two attached hydrogens (primary N) is 2. The highest BCUT2D eigenvalue weighted by molar-refractivity contribution is 5.32. The van der Waals surface area contributed by atoms with Gasteiger partial charge in [0.15, 0.2) is 0 Å². The molecule has 0 heterocycles. The van der Waals surface area contributed by atoms with E-state index in [4.69, 9.17) is 11.5 Å². The van der Waals surface area contributed by atoms with Crippen molar-refractivity contribution >= 4 is 6.08 Å². The molecule has 1 rings (SSSR count). The number of isocyanates is 1. The summed E-state index contributed by atoms with van der Waals surface area (Å²) >= 11 is 0. The molecule has 4 nitrogen and oxygen atoms in total. The average Bonchev–Trinajstić information content (AvgIpc) is 2.02. The molecule has 1 fully saturated rings. The molecule has 0 radical (unpaired) electrons. The fourth-order valence-electron chi connectivity index (χ4n) is 1.70. The van der Waals surface area contributed by atoms with Crippen LogP contribution < -0.4 is 11.5 Å². The first-order chi connectivity index (χ1) is 5.67. The Bertz CT molecular complexity index is 196. The van der Waals surface area contributed by atoms with Gasteiger partial charge in [-0.15, -0.1) is 0 Å². The topological polar surface area (TPSA) is 81.5 Å². The predicted octanol–water partition coefficient (Wildman–Crippen LogP) is 0.126. The molecule has 4 heteroatoms. The van der Waals surface area contributed by atoms with Crippen LogP contribution in [0.5, 0.6) is 0 Å². The summed E-state index contributed by atoms with van der Waals surface area (Å²) in [4.78, 5) is 13.4. The van der Waals surface area contributed by atoms with Crippen LogP contribution in [0.15, 0.2) is 4.99 Å². The van der Waals surface area contributed by atoms with Crippen molar-refractivity contribution in [2.24, 2.45) is 22.4 Å². The number of nitrogens with zero attached hydrogens (tertiary/aromatic N) is 1. The standard InChI is InChI=1S/C8H15N3O/c9-8(10)4-2-1-3-7(8)5-11-6-12/h7H,1-5,9-10H2. The molecule has 0 amide bonds. The maximum Gasteiger partial charge on any atom is 0.234 e. The molecule has 1 aliphatic carbocycles. The van der Waals surface area contributed by atoms with Gasteiger partial charge in [-0.1, -0.05) is 12.8 Å². The van der Waals surface area contributed by atoms with E-state index in [1.165, 1.54) is 6.08 Å². The average molecular weight is 169 g/mol. The van der Waals surface area contributed by atoms with Gasteiger partial charge in [0.05, 0.1) is 12.2 Å². The van der Waals surface area contributed by atoms with Crippen LogP contribution in [-0.2, 0) is 4.79 Å². The van der Waals surface area contributed by atoms with Crippen molar-refractivity contribution in [3.05, 3.63) is 0 Å². The van der Waals surface area contributed by atoms with Crippen LogP contribution in [0.2, 0.25) is 0 Å². The summed E-state index contributed by atoms with van der Waals surface area (Å²) in [5, 5.41) is 0. The Morgan fingerprint density at radius 1 is 1.50 bits per heavy atom. The summed E-state index contributed by atoms with van der Waals surface area (Å²) in [5.41, 5.74) is 11.1. The number of hydrogen-bond donors (Lipinski definition) is 2. The van der Waals surface area contributed by atoms with E-state index in [-0.39, 0.29) is 5.92 Å². The number of hydrogen-bond acceptors (Lipinski definition) is 4. The molecule has 0 aromatic rings. The van der Waals surface area contributed by atoms with Crippen LogP contribution in [0.1, 0.15) is 25.7 Å². The molecule has 1 aliphatic rings. The highest BCUT2D eigenvalue weighted by Crippen LogP contribution is 2.28. The maximum absolute atomic E-state index is 9.89. The third kappa shape index (κ3) is 2.14. The van der Waals surface area contributed by atoms with Crippen molar-refractivity contribution < 1.29 is 4.79 Å². The normalized spacial score (nSPS) is 27.7. The van der Waals surface area contributed by atoms with E-state index in [0.29, 0.717) is 6.54 Å². The molecule has 1 saturated carbocycles. The molecule has 0 bridgehead atoms. The Balaban J connectivity index is 2.53. The SMILES string of the molecule is NC1(N)CCCCC1CN=C=O. The van der Waals surface area contributed by atoms with Crippen molar-refractivity contribution in [1.29, 1.82) is 0 Å². The molecule has 12 heavy (non-hydrogen) atoms. The smallest absolute Gasteiger partial charge is 0.234 e. The summed E-state index contributed by atoms with van der Waals surface area (Å²) in [7, 11) is 0. The lowest BCUT2D eigenvalue weighted by Gasteiger charge is -2.36. The molecule has 0 aliphatic heterocycles. The number of aliphatic imine (C=N–C) groups is 1. The highest BCUT2D eigenvalue weighted by Gasteiger charge is 2.32. The summed E-state index contributed by atoms with van der Waals surface area (Å²) in [6.07, 6.45) is 5.52. The first-order valence-electron chi connectivity index (χ1n) is 4.28. The molecule has 0 aromatic heterocycles. The molecular formula is C8H15N3O. The Kier molecular flexibility index (Phi) is 2.98. The van der Waals surface area contributed by atoms with E-state index in [1.807, 2.05) is 0 Å². The minimum absolute atomic E-state index is 0.146. The summed E-state index contributed by atoms with van der Waals surface area (Å²) in [6, 6.07) is 0. The lowest BCUT2D eigenvalue weighted by Crippen LogP contribution is -2.57. The summed E-state index contributed by atoms with van der Waals surface area (Å²) in [5.74, 6) is 0.146. The third-order valence-corrected chi connectivity index (χ3v) is 2.55. The van der Waals surface area contributed by atoms with Crippen molar-refractivity contribution in [1.82, 2.24) is 0 Å². The van der Waals surface area contributed by atoms with Gasteiger partial charge in [-0.3, -0.25) is 0 Å². The van der Waals surface area contributed by atoms with E-state index in [0.717, 1.165) is 25.7 Å². The second kappa shape index (κ2) is 3.81. The van der Waals surface area contributed by atoms with Crippen LogP contribution >= 0.6 is 0 Å². The van der Waals surface area contributed by atoms with Crippen molar-refractivity contribution in [3.63, 3.8) is 0 Å². The fraction of sp³-hybridized carbons (Fsp3) is 0.875. The summed E-state index contributed by atoms with van der Waals surface area (Å²) in [6.45, 7) is 0.427. The lowest BCUT2D eigenvalue weighted by atomic mass is 9.80. The molecule has 4 N–H and O–H groups in total. The molecule has 0 spiro atoms. The maximum atomic E-state index is 9.89. The van der Waals surface area contributed by atoms with E-state index < -0.39 is 5.66 Å². The largest absolute Gasteiger partial charge is 0.313 e. The van der Waals surface area contributed by atoms with Crippen LogP contribution in [0.3, 0.4) is 0 Å². The fourth-order valence-corrected chi connectivity index (χ4v) is 1.70. The van der Waals surface area contributed by atoms with Crippen LogP contribution in [-0.4, -0.2) is 18.3 Å². The zero-order valence-electron chi connectivity index (χ0n) is 7.12. The van der Waals surface area contributed by atoms with Crippen LogP contribution in [0.4, 0.5) is 0 Å². The van der Waals surface area contributed by atoms with Gasteiger partial charge in [0.2, 0.25) is 6.08 Å². The van der Waals surface area contributed by atoms with Gasteiger partial charge in [-0.2, -0.15) is 0 Å². The van der Waals surface area contributed by atoms with E-state index in [1.54, 1.807) is 0 Å². The predicted molar refractivity (Wildman–Crippen MR) is 46.1 cm³/mol. The second-order valence-corrected chi connectivity index (χ2v) is 3.49. The van der Waals surface area contributed by atoms with Gasteiger partial charge in [0, 0.05) is 5.92 Å². The summed E-state index contributed by atoms with van der Waals surface area (Å²) < 4.78 is 0. The van der Waals surface area contributed by atoms with E-state index in [9.17, 15) is 4.79 Å². The number of carbonyl (C=O) groups excluding carboxylic acids is 1. The lowest BCUT2D eigenvalue weighted by molar-refractivity contribution is 0.202. The van der Waals surface area contributed by atoms with Crippen molar-refractivity contribution in [2.75, 3.05) is 6.54 Å². The van der Waals surface area contributed by atoms with Gasteiger partial charge in [0.1, 0.15) is 0 Å². The zero-order valence-corrected chi connectivity index (χ0v) is 7.12. The van der Waals surface area contributed by atoms with Gasteiger partial charge < -0.3 is 11.5 Å². The molecular weight excluding hydrogens is 154 g/mol. The van der Waals surface area contributed by atoms with Crippen molar-refractivity contribution in [3.8, 4) is 0 Å². The third-order valence-electron chi connectivity index (χ3n) is 2.55. The van der Waals surface area contributed by atoms with Gasteiger partial charge in [-0.25, -0.2) is 9.79 Å². The molecule has 0 saturated heterocycles. The van der Waals surface area contributed by atoms with Crippen LogP contribution in [0, 0.1) is 5.92 Å². The zero-order chi connectivity index (χ0) is 9.03. The van der Waals surface area contributed by atoms with Gasteiger partial charge >= 0.3 is 0 Å². The van der Waals surface area contributed by atoms with Crippen molar-refractivity contribution in [2.45, 2.75) is 31.3 Å². The van der Waals surface area contributed by atoms with E-state index >= 15 is 0 Å². The molecule has 0 aromatic carbocycles. The Morgan fingerprint density at radius 3 is 2.83 bits per heavy atom.